The van der Waals surface area contributed by atoms with Gasteiger partial charge in [0.05, 0.1) is 17.1 Å². The average molecular weight is 280 g/mol. The van der Waals surface area contributed by atoms with Crippen molar-refractivity contribution in [2.75, 3.05) is 13.7 Å². The van der Waals surface area contributed by atoms with Gasteiger partial charge >= 0.3 is 0 Å². The normalized spacial score (nSPS) is 21.9. The van der Waals surface area contributed by atoms with Crippen molar-refractivity contribution >= 4 is 5.69 Å². The minimum atomic E-state index is -0.398. The number of hydrogen-bond donors (Lipinski definition) is 1. The second-order valence-electron chi connectivity index (χ2n) is 5.04. The van der Waals surface area contributed by atoms with Crippen LogP contribution in [-0.2, 0) is 11.3 Å². The lowest BCUT2D eigenvalue weighted by Gasteiger charge is -2.15. The Labute approximate surface area is 118 Å². The molecule has 0 bridgehead atoms. The van der Waals surface area contributed by atoms with E-state index in [9.17, 15) is 10.1 Å². The summed E-state index contributed by atoms with van der Waals surface area (Å²) >= 11 is 0. The van der Waals surface area contributed by atoms with Crippen LogP contribution < -0.4 is 10.1 Å². The van der Waals surface area contributed by atoms with Gasteiger partial charge in [-0.05, 0) is 32.9 Å². The molecule has 6 nitrogen and oxygen atoms in total. The number of nitro groups is 1. The fraction of sp³-hybridized carbons (Fsp3) is 0.571. The summed E-state index contributed by atoms with van der Waals surface area (Å²) < 4.78 is 11.5. The molecule has 1 N–H and O–H groups in total. The molecule has 0 aromatic heterocycles. The smallest absolute Gasteiger partial charge is 0.270 e. The first-order valence-electron chi connectivity index (χ1n) is 6.80. The lowest BCUT2D eigenvalue weighted by atomic mass is 10.1. The number of nitrogens with zero attached hydrogens (tertiary/aromatic N) is 1. The Morgan fingerprint density at radius 2 is 2.30 bits per heavy atom. The van der Waals surface area contributed by atoms with Crippen LogP contribution >= 0.6 is 0 Å². The Bertz CT molecular complexity index is 478. The van der Waals surface area contributed by atoms with E-state index >= 15 is 0 Å². The van der Waals surface area contributed by atoms with Gasteiger partial charge in [-0.2, -0.15) is 0 Å². The highest BCUT2D eigenvalue weighted by Gasteiger charge is 2.22. The Morgan fingerprint density at radius 1 is 1.50 bits per heavy atom. The topological polar surface area (TPSA) is 73.6 Å². The number of rotatable bonds is 6. The van der Waals surface area contributed by atoms with E-state index in [4.69, 9.17) is 9.47 Å². The summed E-state index contributed by atoms with van der Waals surface area (Å²) in [6, 6.07) is 4.67. The molecule has 0 aliphatic carbocycles. The molecule has 1 fully saturated rings. The molecule has 0 radical (unpaired) electrons. The molecule has 2 atom stereocenters. The Morgan fingerprint density at radius 3 is 2.90 bits per heavy atom. The lowest BCUT2D eigenvalue weighted by molar-refractivity contribution is -0.384. The first-order valence-corrected chi connectivity index (χ1v) is 6.80. The van der Waals surface area contributed by atoms with Crippen molar-refractivity contribution in [1.29, 1.82) is 0 Å². The van der Waals surface area contributed by atoms with Crippen molar-refractivity contribution in [3.63, 3.8) is 0 Å². The highest BCUT2D eigenvalue weighted by molar-refractivity contribution is 5.43. The monoisotopic (exact) mass is 280 g/mol. The summed E-state index contributed by atoms with van der Waals surface area (Å²) in [6.07, 6.45) is 2.45. The van der Waals surface area contributed by atoms with Crippen LogP contribution in [-0.4, -0.2) is 30.8 Å². The predicted molar refractivity (Wildman–Crippen MR) is 74.9 cm³/mol. The number of benzene rings is 1. The Hall–Kier alpha value is -1.66. The van der Waals surface area contributed by atoms with Crippen molar-refractivity contribution < 1.29 is 14.4 Å². The van der Waals surface area contributed by atoms with Gasteiger partial charge < -0.3 is 14.8 Å². The van der Waals surface area contributed by atoms with Crippen molar-refractivity contribution in [1.82, 2.24) is 5.32 Å². The third-order valence-corrected chi connectivity index (χ3v) is 3.37. The van der Waals surface area contributed by atoms with Crippen LogP contribution in [0.2, 0.25) is 0 Å². The first kappa shape index (κ1) is 14.7. The number of non-ortho nitro benzene ring substituents is 1. The van der Waals surface area contributed by atoms with Gasteiger partial charge in [-0.1, -0.05) is 0 Å². The van der Waals surface area contributed by atoms with E-state index in [1.807, 2.05) is 0 Å². The third kappa shape index (κ3) is 3.68. The van der Waals surface area contributed by atoms with Crippen LogP contribution in [0.3, 0.4) is 0 Å². The lowest BCUT2D eigenvalue weighted by Crippen LogP contribution is -2.19. The number of hydrogen-bond acceptors (Lipinski definition) is 5. The van der Waals surface area contributed by atoms with Gasteiger partial charge in [0.15, 0.2) is 0 Å². The molecule has 1 aromatic rings. The highest BCUT2D eigenvalue weighted by atomic mass is 16.6. The maximum Gasteiger partial charge on any atom is 0.270 e. The molecule has 6 heteroatoms. The van der Waals surface area contributed by atoms with E-state index in [1.54, 1.807) is 19.2 Å². The van der Waals surface area contributed by atoms with Crippen molar-refractivity contribution in [3.8, 4) is 5.75 Å². The number of nitro benzene ring substituents is 1. The second kappa shape index (κ2) is 6.67. The molecule has 20 heavy (non-hydrogen) atoms. The predicted octanol–water partition coefficient (Wildman–Crippen LogP) is 2.26. The zero-order valence-electron chi connectivity index (χ0n) is 11.8. The van der Waals surface area contributed by atoms with Gasteiger partial charge in [0.2, 0.25) is 0 Å². The zero-order valence-corrected chi connectivity index (χ0v) is 11.8. The molecule has 1 aliphatic heterocycles. The zero-order chi connectivity index (χ0) is 14.5. The van der Waals surface area contributed by atoms with Crippen molar-refractivity contribution in [3.05, 3.63) is 33.9 Å². The summed E-state index contributed by atoms with van der Waals surface area (Å²) in [4.78, 5) is 10.4. The molecule has 1 heterocycles. The summed E-state index contributed by atoms with van der Waals surface area (Å²) in [5.41, 5.74) is 0.862. The van der Waals surface area contributed by atoms with E-state index in [2.05, 4.69) is 12.2 Å². The van der Waals surface area contributed by atoms with E-state index in [0.29, 0.717) is 18.9 Å². The Kier molecular flexibility index (Phi) is 4.92. The van der Waals surface area contributed by atoms with Crippen molar-refractivity contribution in [2.24, 2.45) is 0 Å². The van der Waals surface area contributed by atoms with Gasteiger partial charge in [0.25, 0.3) is 5.69 Å². The van der Waals surface area contributed by atoms with E-state index < -0.39 is 4.92 Å². The van der Waals surface area contributed by atoms with Gasteiger partial charge in [-0.25, -0.2) is 0 Å². The molecule has 1 saturated heterocycles. The number of ether oxygens (including phenoxy) is 2. The van der Waals surface area contributed by atoms with Crippen LogP contribution in [0.15, 0.2) is 18.2 Å². The van der Waals surface area contributed by atoms with Gasteiger partial charge in [0.1, 0.15) is 12.4 Å². The van der Waals surface area contributed by atoms with E-state index in [0.717, 1.165) is 18.4 Å². The van der Waals surface area contributed by atoms with Crippen LogP contribution in [0.5, 0.6) is 5.75 Å². The largest absolute Gasteiger partial charge is 0.491 e. The van der Waals surface area contributed by atoms with E-state index in [1.165, 1.54) is 6.07 Å². The van der Waals surface area contributed by atoms with Crippen LogP contribution in [0, 0.1) is 10.1 Å². The summed E-state index contributed by atoms with van der Waals surface area (Å²) in [5.74, 6) is 0.674. The first-order chi connectivity index (χ1) is 9.60. The van der Waals surface area contributed by atoms with Gasteiger partial charge in [-0.3, -0.25) is 10.1 Å². The fourth-order valence-corrected chi connectivity index (χ4v) is 2.34. The molecular weight excluding hydrogens is 260 g/mol. The van der Waals surface area contributed by atoms with Gasteiger partial charge in [0, 0.05) is 24.2 Å². The van der Waals surface area contributed by atoms with Crippen LogP contribution in [0.4, 0.5) is 5.69 Å². The molecule has 2 unspecified atom stereocenters. The minimum absolute atomic E-state index is 0.0772. The quantitative estimate of drug-likeness (QED) is 0.639. The number of nitrogens with one attached hydrogen (secondary N) is 1. The van der Waals surface area contributed by atoms with Gasteiger partial charge in [-0.15, -0.1) is 0 Å². The maximum absolute atomic E-state index is 10.8. The van der Waals surface area contributed by atoms with Crippen LogP contribution in [0.1, 0.15) is 25.3 Å². The van der Waals surface area contributed by atoms with Crippen LogP contribution in [0.25, 0.3) is 0 Å². The molecule has 1 aliphatic rings. The molecule has 0 saturated carbocycles. The third-order valence-electron chi connectivity index (χ3n) is 3.37. The summed E-state index contributed by atoms with van der Waals surface area (Å²) in [6.45, 7) is 3.07. The molecule has 2 rings (SSSR count). The molecule has 1 aromatic carbocycles. The molecule has 110 valence electrons. The molecule has 0 amide bonds. The summed E-state index contributed by atoms with van der Waals surface area (Å²) in [7, 11) is 1.80. The standard InChI is InChI=1S/C14H20N2O4/c1-10-3-5-13(20-10)9-19-14-6-4-12(16(17)18)7-11(14)8-15-2/h4,6-7,10,13,15H,3,5,8-9H2,1-2H3. The molecular formula is C14H20N2O4. The molecule has 0 spiro atoms. The second-order valence-corrected chi connectivity index (χ2v) is 5.04. The summed E-state index contributed by atoms with van der Waals surface area (Å²) in [5, 5.41) is 13.8. The maximum atomic E-state index is 10.8. The fourth-order valence-electron chi connectivity index (χ4n) is 2.34. The van der Waals surface area contributed by atoms with E-state index in [-0.39, 0.29) is 17.9 Å². The minimum Gasteiger partial charge on any atom is -0.491 e. The highest BCUT2D eigenvalue weighted by Crippen LogP contribution is 2.26. The SMILES string of the molecule is CNCc1cc([N+](=O)[O-])ccc1OCC1CCC(C)O1. The Balaban J connectivity index is 2.04. The average Bonchev–Trinajstić information content (AvgIpc) is 2.83. The van der Waals surface area contributed by atoms with Crippen molar-refractivity contribution in [2.45, 2.75) is 38.5 Å².